The van der Waals surface area contributed by atoms with Gasteiger partial charge in [0.1, 0.15) is 5.69 Å². The molecule has 0 bridgehead atoms. The Labute approximate surface area is 134 Å². The van der Waals surface area contributed by atoms with Crippen molar-refractivity contribution in [1.29, 1.82) is 0 Å². The summed E-state index contributed by atoms with van der Waals surface area (Å²) >= 11 is 1.60. The lowest BCUT2D eigenvalue weighted by molar-refractivity contribution is 0.0677. The monoisotopic (exact) mass is 319 g/mol. The lowest BCUT2D eigenvalue weighted by Gasteiger charge is -2.25. The van der Waals surface area contributed by atoms with Gasteiger partial charge >= 0.3 is 0 Å². The minimum atomic E-state index is -0.379. The van der Waals surface area contributed by atoms with Crippen LogP contribution in [0.4, 0.5) is 0 Å². The zero-order valence-corrected chi connectivity index (χ0v) is 13.7. The molecule has 0 radical (unpaired) electrons. The normalized spacial score (nSPS) is 19.6. The van der Waals surface area contributed by atoms with Crippen molar-refractivity contribution >= 4 is 17.2 Å². The van der Waals surface area contributed by atoms with Crippen molar-refractivity contribution in [3.8, 4) is 11.3 Å². The van der Waals surface area contributed by atoms with E-state index in [1.54, 1.807) is 18.3 Å². The Morgan fingerprint density at radius 3 is 3.14 bits per heavy atom. The molecule has 0 aliphatic carbocycles. The predicted octanol–water partition coefficient (Wildman–Crippen LogP) is 2.82. The average molecular weight is 319 g/mol. The second kappa shape index (κ2) is 6.22. The van der Waals surface area contributed by atoms with E-state index in [2.05, 4.69) is 9.97 Å². The summed E-state index contributed by atoms with van der Waals surface area (Å²) in [7, 11) is 0. The first-order chi connectivity index (χ1) is 10.5. The number of aliphatic hydroxyl groups excluding tert-OH is 1. The Morgan fingerprint density at radius 2 is 2.45 bits per heavy atom. The summed E-state index contributed by atoms with van der Waals surface area (Å²) in [6.07, 6.45) is 4.07. The first-order valence-corrected chi connectivity index (χ1v) is 8.52. The van der Waals surface area contributed by atoms with Crippen molar-refractivity contribution in [2.75, 3.05) is 6.54 Å². The molecule has 2 unspecified atom stereocenters. The van der Waals surface area contributed by atoms with Crippen molar-refractivity contribution in [2.45, 2.75) is 45.3 Å². The Kier molecular flexibility index (Phi) is 4.31. The predicted molar refractivity (Wildman–Crippen MR) is 87.0 cm³/mol. The van der Waals surface area contributed by atoms with Gasteiger partial charge in [0, 0.05) is 29.7 Å². The maximum absolute atomic E-state index is 12.7. The maximum Gasteiger partial charge on any atom is 0.270 e. The third-order valence-electron chi connectivity index (χ3n) is 4.08. The fourth-order valence-corrected chi connectivity index (χ4v) is 3.68. The second-order valence-electron chi connectivity index (χ2n) is 5.93. The Hall–Kier alpha value is -1.66. The van der Waals surface area contributed by atoms with E-state index in [1.165, 1.54) is 0 Å². The van der Waals surface area contributed by atoms with Gasteiger partial charge in [-0.15, -0.1) is 11.3 Å². The van der Waals surface area contributed by atoms with Gasteiger partial charge in [0.25, 0.3) is 5.91 Å². The van der Waals surface area contributed by atoms with Gasteiger partial charge in [0.05, 0.1) is 16.8 Å². The number of carbonyl (C=O) groups is 1. The van der Waals surface area contributed by atoms with Gasteiger partial charge in [0.15, 0.2) is 0 Å². The van der Waals surface area contributed by atoms with Crippen molar-refractivity contribution < 1.29 is 9.90 Å². The van der Waals surface area contributed by atoms with Crippen molar-refractivity contribution in [3.05, 3.63) is 28.3 Å². The third kappa shape index (κ3) is 3.08. The maximum atomic E-state index is 12.7. The highest BCUT2D eigenvalue weighted by Gasteiger charge is 2.30. The fraction of sp³-hybridized carbons (Fsp3) is 0.500. The number of hydrogen-bond donors (Lipinski definition) is 2. The van der Waals surface area contributed by atoms with Crippen LogP contribution in [0.3, 0.4) is 0 Å². The molecule has 1 amide bonds. The van der Waals surface area contributed by atoms with E-state index < -0.39 is 0 Å². The molecule has 2 aromatic heterocycles. The highest BCUT2D eigenvalue weighted by Crippen LogP contribution is 2.26. The molecular weight excluding hydrogens is 298 g/mol. The van der Waals surface area contributed by atoms with E-state index in [4.69, 9.17) is 0 Å². The van der Waals surface area contributed by atoms with Gasteiger partial charge in [-0.2, -0.15) is 0 Å². The zero-order chi connectivity index (χ0) is 15.7. The summed E-state index contributed by atoms with van der Waals surface area (Å²) in [5.74, 6) is 0.0151. The molecule has 1 aliphatic heterocycles. The minimum Gasteiger partial charge on any atom is -0.393 e. The van der Waals surface area contributed by atoms with Crippen LogP contribution in [0.2, 0.25) is 0 Å². The quantitative estimate of drug-likeness (QED) is 0.910. The molecule has 0 aromatic carbocycles. The zero-order valence-electron chi connectivity index (χ0n) is 12.9. The number of aliphatic hydroxyl groups is 1. The van der Waals surface area contributed by atoms with E-state index in [-0.39, 0.29) is 18.1 Å². The summed E-state index contributed by atoms with van der Waals surface area (Å²) in [5, 5.41) is 12.6. The summed E-state index contributed by atoms with van der Waals surface area (Å²) in [6.45, 7) is 4.51. The third-order valence-corrected chi connectivity index (χ3v) is 4.85. The smallest absolute Gasteiger partial charge is 0.270 e. The number of thiazole rings is 1. The number of aryl methyl sites for hydroxylation is 1. The topological polar surface area (TPSA) is 69.2 Å². The Balaban J connectivity index is 1.76. The summed E-state index contributed by atoms with van der Waals surface area (Å²) in [6, 6.07) is 2.01. The number of H-pyrrole nitrogens is 1. The first kappa shape index (κ1) is 15.2. The van der Waals surface area contributed by atoms with Crippen LogP contribution in [0.25, 0.3) is 11.3 Å². The number of likely N-dealkylation sites (tertiary alicyclic amines) is 1. The lowest BCUT2D eigenvalue weighted by Crippen LogP contribution is -2.37. The molecule has 0 saturated carbocycles. The molecule has 22 heavy (non-hydrogen) atoms. The molecule has 1 fully saturated rings. The highest BCUT2D eigenvalue weighted by atomic mass is 32.1. The number of nitrogens with one attached hydrogen (secondary N) is 1. The van der Waals surface area contributed by atoms with Crippen LogP contribution in [0.15, 0.2) is 17.6 Å². The Bertz CT molecular complexity index is 662. The van der Waals surface area contributed by atoms with Gasteiger partial charge in [-0.3, -0.25) is 4.79 Å². The van der Waals surface area contributed by atoms with Crippen molar-refractivity contribution in [1.82, 2.24) is 14.9 Å². The van der Waals surface area contributed by atoms with Crippen LogP contribution in [0.5, 0.6) is 0 Å². The van der Waals surface area contributed by atoms with Crippen LogP contribution in [0, 0.1) is 6.92 Å². The van der Waals surface area contributed by atoms with Gasteiger partial charge < -0.3 is 15.0 Å². The molecule has 0 spiro atoms. The van der Waals surface area contributed by atoms with E-state index >= 15 is 0 Å². The lowest BCUT2D eigenvalue weighted by atomic mass is 10.1. The van der Waals surface area contributed by atoms with Crippen LogP contribution in [-0.2, 0) is 0 Å². The number of hydrogen-bond acceptors (Lipinski definition) is 4. The molecule has 1 saturated heterocycles. The van der Waals surface area contributed by atoms with Gasteiger partial charge in [-0.05, 0) is 39.2 Å². The molecule has 118 valence electrons. The molecule has 1 aliphatic rings. The summed E-state index contributed by atoms with van der Waals surface area (Å²) < 4.78 is 0. The standard InChI is InChI=1S/C16H21N3O2S/c1-10(20)6-13-4-3-5-19(13)16(21)14-7-12(8-17-14)15-9-22-11(2)18-15/h7-10,13,17,20H,3-6H2,1-2H3. The second-order valence-corrected chi connectivity index (χ2v) is 7.00. The van der Waals surface area contributed by atoms with E-state index in [0.29, 0.717) is 12.1 Å². The van der Waals surface area contributed by atoms with Crippen LogP contribution in [-0.4, -0.2) is 44.6 Å². The van der Waals surface area contributed by atoms with Crippen LogP contribution in [0.1, 0.15) is 41.7 Å². The largest absolute Gasteiger partial charge is 0.393 e. The molecular formula is C16H21N3O2S. The minimum absolute atomic E-state index is 0.0151. The first-order valence-electron chi connectivity index (χ1n) is 7.64. The van der Waals surface area contributed by atoms with E-state index in [1.807, 2.05) is 29.5 Å². The van der Waals surface area contributed by atoms with Gasteiger partial charge in [-0.1, -0.05) is 0 Å². The molecule has 6 heteroatoms. The number of amides is 1. The average Bonchev–Trinajstić information content (AvgIpc) is 3.16. The van der Waals surface area contributed by atoms with Gasteiger partial charge in [0.2, 0.25) is 0 Å². The van der Waals surface area contributed by atoms with Gasteiger partial charge in [-0.25, -0.2) is 4.98 Å². The summed E-state index contributed by atoms with van der Waals surface area (Å²) in [5.41, 5.74) is 2.44. The number of rotatable bonds is 4. The Morgan fingerprint density at radius 1 is 1.64 bits per heavy atom. The molecule has 3 rings (SSSR count). The summed E-state index contributed by atoms with van der Waals surface area (Å²) in [4.78, 5) is 22.1. The highest BCUT2D eigenvalue weighted by molar-refractivity contribution is 7.09. The van der Waals surface area contributed by atoms with Crippen molar-refractivity contribution in [3.63, 3.8) is 0 Å². The fourth-order valence-electron chi connectivity index (χ4n) is 3.06. The number of nitrogens with zero attached hydrogens (tertiary/aromatic N) is 2. The molecule has 2 aromatic rings. The van der Waals surface area contributed by atoms with Crippen LogP contribution < -0.4 is 0 Å². The molecule has 3 heterocycles. The van der Waals surface area contributed by atoms with Crippen LogP contribution >= 0.6 is 11.3 Å². The number of aromatic nitrogens is 2. The van der Waals surface area contributed by atoms with E-state index in [9.17, 15) is 9.90 Å². The van der Waals surface area contributed by atoms with E-state index in [0.717, 1.165) is 35.7 Å². The molecule has 2 atom stereocenters. The number of carbonyl (C=O) groups excluding carboxylic acids is 1. The van der Waals surface area contributed by atoms with Crippen molar-refractivity contribution in [2.24, 2.45) is 0 Å². The molecule has 5 nitrogen and oxygen atoms in total. The SMILES string of the molecule is Cc1nc(-c2c[nH]c(C(=O)N3CCCC3CC(C)O)c2)cs1. The molecule has 2 N–H and O–H groups in total. The number of aromatic amines is 1.